The number of benzene rings is 2. The van der Waals surface area contributed by atoms with Gasteiger partial charge in [-0.2, -0.15) is 0 Å². The van der Waals surface area contributed by atoms with E-state index in [0.29, 0.717) is 5.69 Å². The average Bonchev–Trinajstić information content (AvgIpc) is 2.60. The van der Waals surface area contributed by atoms with E-state index < -0.39 is 25.8 Å². The fourth-order valence-electron chi connectivity index (χ4n) is 2.40. The van der Waals surface area contributed by atoms with Crippen LogP contribution in [0.25, 0.3) is 0 Å². The molecular weight excluding hydrogens is 380 g/mol. The van der Waals surface area contributed by atoms with Crippen molar-refractivity contribution >= 4 is 37.1 Å². The highest BCUT2D eigenvalue weighted by Gasteiger charge is 2.30. The van der Waals surface area contributed by atoms with Crippen LogP contribution in [0.2, 0.25) is 0 Å². The van der Waals surface area contributed by atoms with Crippen LogP contribution in [0.1, 0.15) is 6.92 Å². The molecule has 1 aliphatic heterocycles. The van der Waals surface area contributed by atoms with E-state index in [9.17, 15) is 21.6 Å². The first kappa shape index (κ1) is 18.2. The van der Waals surface area contributed by atoms with Crippen molar-refractivity contribution in [2.45, 2.75) is 16.7 Å². The summed E-state index contributed by atoms with van der Waals surface area (Å²) in [5, 5.41) is 2.45. The summed E-state index contributed by atoms with van der Waals surface area (Å²) < 4.78 is 57.8. The molecule has 0 radical (unpaired) electrons. The highest BCUT2D eigenvalue weighted by molar-refractivity contribution is 7.93. The Morgan fingerprint density at radius 3 is 2.46 bits per heavy atom. The Hall–Kier alpha value is -2.59. The first-order chi connectivity index (χ1) is 12.2. The van der Waals surface area contributed by atoms with Gasteiger partial charge in [-0.1, -0.05) is 25.1 Å². The molecule has 2 aromatic carbocycles. The molecule has 138 valence electrons. The Balaban J connectivity index is 2.17. The summed E-state index contributed by atoms with van der Waals surface area (Å²) in [6, 6.07) is 10.4. The molecule has 26 heavy (non-hydrogen) atoms. The zero-order valence-corrected chi connectivity index (χ0v) is 15.4. The molecule has 1 heterocycles. The molecule has 0 spiro atoms. The minimum absolute atomic E-state index is 0.00390. The van der Waals surface area contributed by atoms with Gasteiger partial charge in [0.25, 0.3) is 15.9 Å². The molecule has 2 aromatic rings. The molecule has 0 saturated carbocycles. The van der Waals surface area contributed by atoms with Crippen molar-refractivity contribution in [3.63, 3.8) is 0 Å². The number of carbonyl (C=O) groups is 1. The van der Waals surface area contributed by atoms with Crippen molar-refractivity contribution in [2.75, 3.05) is 22.4 Å². The average molecular weight is 396 g/mol. The predicted molar refractivity (Wildman–Crippen MR) is 95.5 cm³/mol. The number of fused-ring (bicyclic) bond motifs is 1. The third-order valence-electron chi connectivity index (χ3n) is 3.70. The summed E-state index contributed by atoms with van der Waals surface area (Å²) in [5.74, 6) is -0.808. The molecule has 10 heteroatoms. The second-order valence-corrected chi connectivity index (χ2v) is 9.44. The second kappa shape index (κ2) is 6.61. The van der Waals surface area contributed by atoms with Crippen LogP contribution in [0.4, 0.5) is 11.4 Å². The van der Waals surface area contributed by atoms with Crippen molar-refractivity contribution in [3.8, 4) is 5.75 Å². The van der Waals surface area contributed by atoms with Gasteiger partial charge in [-0.15, -0.1) is 0 Å². The smallest absolute Gasteiger partial charge is 0.265 e. The number of nitrogens with one attached hydrogen (secondary N) is 2. The molecule has 3 rings (SSSR count). The lowest BCUT2D eigenvalue weighted by Gasteiger charge is -2.22. The van der Waals surface area contributed by atoms with Crippen LogP contribution in [0, 0.1) is 0 Å². The quantitative estimate of drug-likeness (QED) is 0.793. The fraction of sp³-hybridized carbons (Fsp3) is 0.188. The Morgan fingerprint density at radius 1 is 1.12 bits per heavy atom. The van der Waals surface area contributed by atoms with E-state index in [1.54, 1.807) is 30.3 Å². The molecule has 1 aliphatic rings. The first-order valence-corrected chi connectivity index (χ1v) is 10.8. The van der Waals surface area contributed by atoms with Crippen molar-refractivity contribution in [2.24, 2.45) is 0 Å². The highest BCUT2D eigenvalue weighted by atomic mass is 32.2. The van der Waals surface area contributed by atoms with Crippen molar-refractivity contribution in [1.82, 2.24) is 0 Å². The number of anilines is 2. The molecule has 8 nitrogen and oxygen atoms in total. The van der Waals surface area contributed by atoms with Gasteiger partial charge < -0.3 is 10.1 Å². The Bertz CT molecular complexity index is 1060. The summed E-state index contributed by atoms with van der Waals surface area (Å²) in [4.78, 5) is 11.0. The summed E-state index contributed by atoms with van der Waals surface area (Å²) in [7, 11) is -7.86. The van der Waals surface area contributed by atoms with Crippen LogP contribution in [-0.2, 0) is 24.7 Å². The van der Waals surface area contributed by atoms with Crippen molar-refractivity contribution in [1.29, 1.82) is 0 Å². The van der Waals surface area contributed by atoms with Gasteiger partial charge >= 0.3 is 0 Å². The second-order valence-electron chi connectivity index (χ2n) is 5.51. The lowest BCUT2D eigenvalue weighted by Crippen LogP contribution is -2.27. The summed E-state index contributed by atoms with van der Waals surface area (Å²) >= 11 is 0. The van der Waals surface area contributed by atoms with E-state index in [2.05, 4.69) is 10.0 Å². The Morgan fingerprint density at radius 2 is 1.81 bits per heavy atom. The molecular formula is C16H16N2O6S2. The lowest BCUT2D eigenvalue weighted by molar-refractivity contribution is -0.118. The van der Waals surface area contributed by atoms with E-state index >= 15 is 0 Å². The molecule has 0 saturated heterocycles. The standard InChI is InChI=1S/C16H16N2O6S2/c1-2-25(20,21)12-8-13-16(24-10-15(19)17-13)14(9-12)26(22,23)18-11-6-4-3-5-7-11/h3-9,18H,2,10H2,1H3,(H,17,19). The largest absolute Gasteiger partial charge is 0.480 e. The van der Waals surface area contributed by atoms with Crippen LogP contribution >= 0.6 is 0 Å². The summed E-state index contributed by atoms with van der Waals surface area (Å²) in [6.07, 6.45) is 0. The van der Waals surface area contributed by atoms with Gasteiger partial charge in [0, 0.05) is 5.69 Å². The third kappa shape index (κ3) is 3.51. The first-order valence-electron chi connectivity index (χ1n) is 7.64. The molecule has 0 unspecified atom stereocenters. The summed E-state index contributed by atoms with van der Waals surface area (Å²) in [5.41, 5.74) is 0.314. The van der Waals surface area contributed by atoms with Crippen LogP contribution in [-0.4, -0.2) is 35.1 Å². The highest BCUT2D eigenvalue weighted by Crippen LogP contribution is 2.38. The van der Waals surface area contributed by atoms with Gasteiger partial charge in [-0.3, -0.25) is 9.52 Å². The van der Waals surface area contributed by atoms with Gasteiger partial charge in [0.1, 0.15) is 4.90 Å². The van der Waals surface area contributed by atoms with Gasteiger partial charge in [-0.05, 0) is 24.3 Å². The van der Waals surface area contributed by atoms with Crippen LogP contribution in [0.15, 0.2) is 52.3 Å². The molecule has 2 N–H and O–H groups in total. The topological polar surface area (TPSA) is 119 Å². The van der Waals surface area contributed by atoms with Crippen molar-refractivity contribution in [3.05, 3.63) is 42.5 Å². The van der Waals surface area contributed by atoms with Gasteiger partial charge in [0.05, 0.1) is 16.3 Å². The number of sulfone groups is 1. The zero-order chi connectivity index (χ0) is 18.9. The van der Waals surface area contributed by atoms with E-state index in [-0.39, 0.29) is 33.6 Å². The maximum Gasteiger partial charge on any atom is 0.265 e. The number of amides is 1. The van der Waals surface area contributed by atoms with E-state index in [0.717, 1.165) is 6.07 Å². The molecule has 0 aliphatic carbocycles. The SMILES string of the molecule is CCS(=O)(=O)c1cc2c(c(S(=O)(=O)Nc3ccccc3)c1)OCC(=O)N2. The van der Waals surface area contributed by atoms with Gasteiger partial charge in [0.2, 0.25) is 0 Å². The van der Waals surface area contributed by atoms with Crippen LogP contribution < -0.4 is 14.8 Å². The van der Waals surface area contributed by atoms with Gasteiger partial charge in [0.15, 0.2) is 22.2 Å². The zero-order valence-electron chi connectivity index (χ0n) is 13.7. The predicted octanol–water partition coefficient (Wildman–Crippen LogP) is 1.61. The number of rotatable bonds is 5. The van der Waals surface area contributed by atoms with Crippen LogP contribution in [0.3, 0.4) is 0 Å². The number of hydrogen-bond donors (Lipinski definition) is 2. The molecule has 0 aromatic heterocycles. The molecule has 0 atom stereocenters. The number of ether oxygens (including phenoxy) is 1. The monoisotopic (exact) mass is 396 g/mol. The Kier molecular flexibility index (Phi) is 4.63. The molecule has 0 fully saturated rings. The lowest BCUT2D eigenvalue weighted by atomic mass is 10.2. The maximum atomic E-state index is 12.8. The van der Waals surface area contributed by atoms with Crippen molar-refractivity contribution < 1.29 is 26.4 Å². The number of para-hydroxylation sites is 1. The number of carbonyl (C=O) groups excluding carboxylic acids is 1. The normalized spacial score (nSPS) is 14.1. The van der Waals surface area contributed by atoms with Crippen LogP contribution in [0.5, 0.6) is 5.75 Å². The number of sulfonamides is 1. The minimum atomic E-state index is -4.15. The minimum Gasteiger partial charge on any atom is -0.480 e. The van der Waals surface area contributed by atoms with E-state index in [1.807, 2.05) is 0 Å². The van der Waals surface area contributed by atoms with Gasteiger partial charge in [-0.25, -0.2) is 16.8 Å². The molecule has 0 bridgehead atoms. The number of hydrogen-bond acceptors (Lipinski definition) is 6. The third-order valence-corrected chi connectivity index (χ3v) is 6.81. The maximum absolute atomic E-state index is 12.8. The van der Waals surface area contributed by atoms with E-state index in [4.69, 9.17) is 4.74 Å². The summed E-state index contributed by atoms with van der Waals surface area (Å²) in [6.45, 7) is 1.08. The molecule has 1 amide bonds. The Labute approximate surface area is 151 Å². The fourth-order valence-corrected chi connectivity index (χ4v) is 4.66. The van der Waals surface area contributed by atoms with E-state index in [1.165, 1.54) is 13.0 Å².